The average molecular weight is 260 g/mol. The van der Waals surface area contributed by atoms with Crippen molar-refractivity contribution in [2.45, 2.75) is 39.2 Å². The van der Waals surface area contributed by atoms with E-state index in [0.29, 0.717) is 0 Å². The fourth-order valence-electron chi connectivity index (χ4n) is 2.49. The zero-order valence-corrected chi connectivity index (χ0v) is 11.8. The molecule has 0 saturated carbocycles. The number of hydrogen-bond donors (Lipinski definition) is 1. The Morgan fingerprint density at radius 2 is 2.11 bits per heavy atom. The Hall–Kier alpha value is -1.35. The number of nitrogens with one attached hydrogen (secondary N) is 1. The summed E-state index contributed by atoms with van der Waals surface area (Å²) in [5.74, 6) is 0.0525. The van der Waals surface area contributed by atoms with Crippen LogP contribution in [-0.4, -0.2) is 30.4 Å². The molecule has 1 aromatic rings. The molecule has 104 valence electrons. The van der Waals surface area contributed by atoms with E-state index in [-0.39, 0.29) is 5.91 Å². The van der Waals surface area contributed by atoms with Crippen molar-refractivity contribution in [2.75, 3.05) is 19.6 Å². The van der Waals surface area contributed by atoms with E-state index in [1.165, 1.54) is 31.5 Å². The van der Waals surface area contributed by atoms with Gasteiger partial charge in [0.2, 0.25) is 0 Å². The molecule has 3 heteroatoms. The molecule has 0 unspecified atom stereocenters. The first kappa shape index (κ1) is 14.1. The third-order valence-electron chi connectivity index (χ3n) is 3.61. The van der Waals surface area contributed by atoms with Crippen LogP contribution >= 0.6 is 0 Å². The highest BCUT2D eigenvalue weighted by atomic mass is 16.1. The highest BCUT2D eigenvalue weighted by molar-refractivity contribution is 5.94. The molecule has 0 aromatic heterocycles. The lowest BCUT2D eigenvalue weighted by atomic mass is 10.1. The Labute approximate surface area is 116 Å². The molecule has 1 aliphatic heterocycles. The van der Waals surface area contributed by atoms with Gasteiger partial charge < -0.3 is 5.32 Å². The van der Waals surface area contributed by atoms with Crippen LogP contribution in [0.25, 0.3) is 0 Å². The van der Waals surface area contributed by atoms with E-state index in [9.17, 15) is 4.79 Å². The van der Waals surface area contributed by atoms with Gasteiger partial charge in [0.1, 0.15) is 0 Å². The highest BCUT2D eigenvalue weighted by Gasteiger charge is 2.12. The van der Waals surface area contributed by atoms with Gasteiger partial charge in [-0.05, 0) is 50.0 Å². The van der Waals surface area contributed by atoms with Crippen LogP contribution in [0.2, 0.25) is 0 Å². The fourth-order valence-corrected chi connectivity index (χ4v) is 2.49. The molecule has 1 saturated heterocycles. The molecule has 19 heavy (non-hydrogen) atoms. The lowest BCUT2D eigenvalue weighted by Gasteiger charge is -2.15. The number of carbonyl (C=O) groups is 1. The minimum absolute atomic E-state index is 0.0525. The fraction of sp³-hybridized carbons (Fsp3) is 0.562. The molecule has 1 fully saturated rings. The number of benzene rings is 1. The van der Waals surface area contributed by atoms with E-state index < -0.39 is 0 Å². The van der Waals surface area contributed by atoms with Gasteiger partial charge in [0.05, 0.1) is 0 Å². The van der Waals surface area contributed by atoms with Gasteiger partial charge in [0.15, 0.2) is 0 Å². The first-order chi connectivity index (χ1) is 9.29. The summed E-state index contributed by atoms with van der Waals surface area (Å²) >= 11 is 0. The SMILES string of the molecule is CCCCNC(=O)c1cccc(CN2CCCC2)c1. The van der Waals surface area contributed by atoms with Gasteiger partial charge in [-0.25, -0.2) is 0 Å². The molecule has 1 aromatic carbocycles. The molecule has 0 spiro atoms. The highest BCUT2D eigenvalue weighted by Crippen LogP contribution is 2.13. The third-order valence-corrected chi connectivity index (χ3v) is 3.61. The third kappa shape index (κ3) is 4.35. The van der Waals surface area contributed by atoms with Crippen molar-refractivity contribution in [3.8, 4) is 0 Å². The van der Waals surface area contributed by atoms with Gasteiger partial charge in [0.25, 0.3) is 5.91 Å². The van der Waals surface area contributed by atoms with Gasteiger partial charge in [-0.2, -0.15) is 0 Å². The van der Waals surface area contributed by atoms with Crippen LogP contribution < -0.4 is 5.32 Å². The Bertz CT molecular complexity index is 411. The number of nitrogens with zero attached hydrogens (tertiary/aromatic N) is 1. The summed E-state index contributed by atoms with van der Waals surface area (Å²) < 4.78 is 0. The topological polar surface area (TPSA) is 32.3 Å². The summed E-state index contributed by atoms with van der Waals surface area (Å²) in [4.78, 5) is 14.4. The second kappa shape index (κ2) is 7.29. The molecular formula is C16H24N2O. The standard InChI is InChI=1S/C16H24N2O/c1-2-3-9-17-16(19)15-8-6-7-14(12-15)13-18-10-4-5-11-18/h6-8,12H,2-5,9-11,13H2,1H3,(H,17,19). The zero-order chi connectivity index (χ0) is 13.5. The van der Waals surface area contributed by atoms with Crippen molar-refractivity contribution in [1.29, 1.82) is 0 Å². The second-order valence-electron chi connectivity index (χ2n) is 5.29. The van der Waals surface area contributed by atoms with E-state index in [2.05, 4.69) is 23.2 Å². The van der Waals surface area contributed by atoms with Crippen molar-refractivity contribution in [1.82, 2.24) is 10.2 Å². The summed E-state index contributed by atoms with van der Waals surface area (Å²) in [7, 11) is 0. The Morgan fingerprint density at radius 3 is 2.84 bits per heavy atom. The summed E-state index contributed by atoms with van der Waals surface area (Å²) in [6.45, 7) is 6.24. The normalized spacial score (nSPS) is 15.6. The number of amides is 1. The zero-order valence-electron chi connectivity index (χ0n) is 11.8. The van der Waals surface area contributed by atoms with E-state index in [1.54, 1.807) is 0 Å². The van der Waals surface area contributed by atoms with Crippen LogP contribution in [-0.2, 0) is 6.54 Å². The Morgan fingerprint density at radius 1 is 1.32 bits per heavy atom. The average Bonchev–Trinajstić information content (AvgIpc) is 2.92. The maximum atomic E-state index is 12.0. The smallest absolute Gasteiger partial charge is 0.251 e. The number of likely N-dealkylation sites (tertiary alicyclic amines) is 1. The predicted molar refractivity (Wildman–Crippen MR) is 78.2 cm³/mol. The van der Waals surface area contributed by atoms with E-state index in [4.69, 9.17) is 0 Å². The number of hydrogen-bond acceptors (Lipinski definition) is 2. The number of unbranched alkanes of at least 4 members (excludes halogenated alkanes) is 1. The quantitative estimate of drug-likeness (QED) is 0.798. The second-order valence-corrected chi connectivity index (χ2v) is 5.29. The number of carbonyl (C=O) groups excluding carboxylic acids is 1. The van der Waals surface area contributed by atoms with E-state index in [1.807, 2.05) is 18.2 Å². The molecule has 1 heterocycles. The van der Waals surface area contributed by atoms with Crippen LogP contribution in [0.4, 0.5) is 0 Å². The largest absolute Gasteiger partial charge is 0.352 e. The molecule has 2 rings (SSSR count). The summed E-state index contributed by atoms with van der Waals surface area (Å²) in [5.41, 5.74) is 2.03. The van der Waals surface area contributed by atoms with Crippen LogP contribution in [0.5, 0.6) is 0 Å². The van der Waals surface area contributed by atoms with Gasteiger partial charge in [-0.3, -0.25) is 9.69 Å². The maximum absolute atomic E-state index is 12.0. The summed E-state index contributed by atoms with van der Waals surface area (Å²) in [5, 5.41) is 2.97. The molecule has 0 radical (unpaired) electrons. The van der Waals surface area contributed by atoms with E-state index >= 15 is 0 Å². The Kier molecular flexibility index (Phi) is 5.40. The molecular weight excluding hydrogens is 236 g/mol. The molecule has 0 aliphatic carbocycles. The van der Waals surface area contributed by atoms with Crippen LogP contribution in [0, 0.1) is 0 Å². The molecule has 1 amide bonds. The van der Waals surface area contributed by atoms with Crippen LogP contribution in [0.1, 0.15) is 48.5 Å². The summed E-state index contributed by atoms with van der Waals surface area (Å²) in [6.07, 6.45) is 4.75. The van der Waals surface area contributed by atoms with Crippen LogP contribution in [0.3, 0.4) is 0 Å². The molecule has 1 aliphatic rings. The summed E-state index contributed by atoms with van der Waals surface area (Å²) in [6, 6.07) is 8.02. The first-order valence-electron chi connectivity index (χ1n) is 7.39. The molecule has 0 bridgehead atoms. The Balaban J connectivity index is 1.91. The number of rotatable bonds is 6. The van der Waals surface area contributed by atoms with Gasteiger partial charge in [-0.1, -0.05) is 25.5 Å². The minimum atomic E-state index is 0.0525. The van der Waals surface area contributed by atoms with Crippen molar-refractivity contribution in [2.24, 2.45) is 0 Å². The van der Waals surface area contributed by atoms with Gasteiger partial charge in [-0.15, -0.1) is 0 Å². The molecule has 0 atom stereocenters. The first-order valence-corrected chi connectivity index (χ1v) is 7.39. The minimum Gasteiger partial charge on any atom is -0.352 e. The van der Waals surface area contributed by atoms with Crippen LogP contribution in [0.15, 0.2) is 24.3 Å². The predicted octanol–water partition coefficient (Wildman–Crippen LogP) is 2.81. The van der Waals surface area contributed by atoms with Gasteiger partial charge >= 0.3 is 0 Å². The van der Waals surface area contributed by atoms with Gasteiger partial charge in [0, 0.05) is 18.7 Å². The molecule has 3 nitrogen and oxygen atoms in total. The van der Waals surface area contributed by atoms with Crippen molar-refractivity contribution >= 4 is 5.91 Å². The van der Waals surface area contributed by atoms with Crippen molar-refractivity contribution in [3.05, 3.63) is 35.4 Å². The molecule has 1 N–H and O–H groups in total. The lowest BCUT2D eigenvalue weighted by Crippen LogP contribution is -2.24. The van der Waals surface area contributed by atoms with Crippen molar-refractivity contribution < 1.29 is 4.79 Å². The lowest BCUT2D eigenvalue weighted by molar-refractivity contribution is 0.0953. The maximum Gasteiger partial charge on any atom is 0.251 e. The van der Waals surface area contributed by atoms with Crippen molar-refractivity contribution in [3.63, 3.8) is 0 Å². The monoisotopic (exact) mass is 260 g/mol. The van der Waals surface area contributed by atoms with E-state index in [0.717, 1.165) is 31.5 Å².